The Morgan fingerprint density at radius 1 is 0.559 bits per heavy atom. The fraction of sp³-hybridized carbons (Fsp3) is 0.138. The van der Waals surface area contributed by atoms with Crippen molar-refractivity contribution >= 4 is 5.78 Å². The van der Waals surface area contributed by atoms with Crippen LogP contribution in [0.25, 0.3) is 0 Å². The molecule has 2 unspecified atom stereocenters. The minimum Gasteiger partial charge on any atom is -0.508 e. The second-order valence-electron chi connectivity index (χ2n) is 8.37. The molecule has 34 heavy (non-hydrogen) atoms. The first-order chi connectivity index (χ1) is 16.4. The Morgan fingerprint density at radius 3 is 1.35 bits per heavy atom. The van der Waals surface area contributed by atoms with Gasteiger partial charge in [0.2, 0.25) is 0 Å². The van der Waals surface area contributed by atoms with Gasteiger partial charge in [-0.1, -0.05) is 60.7 Å². The van der Waals surface area contributed by atoms with Crippen LogP contribution in [0.15, 0.2) is 97.1 Å². The van der Waals surface area contributed by atoms with Crippen molar-refractivity contribution in [2.24, 2.45) is 0 Å². The summed E-state index contributed by atoms with van der Waals surface area (Å²) in [4.78, 5) is 14.2. The molecule has 4 aromatic rings. The van der Waals surface area contributed by atoms with Gasteiger partial charge in [-0.05, 0) is 60.4 Å². The van der Waals surface area contributed by atoms with Crippen molar-refractivity contribution < 1.29 is 25.2 Å². The topological polar surface area (TPSA) is 98.0 Å². The summed E-state index contributed by atoms with van der Waals surface area (Å²) in [6.45, 7) is 0. The number of phenols is 4. The van der Waals surface area contributed by atoms with Gasteiger partial charge in [-0.25, -0.2) is 0 Å². The molecular formula is C29H26O5. The second kappa shape index (κ2) is 10.1. The van der Waals surface area contributed by atoms with E-state index in [1.54, 1.807) is 84.9 Å². The molecule has 0 saturated heterocycles. The number of aromatic hydroxyl groups is 4. The second-order valence-corrected chi connectivity index (χ2v) is 8.37. The van der Waals surface area contributed by atoms with Gasteiger partial charge < -0.3 is 20.4 Å². The third kappa shape index (κ3) is 5.21. The van der Waals surface area contributed by atoms with Crippen LogP contribution >= 0.6 is 0 Å². The summed E-state index contributed by atoms with van der Waals surface area (Å²) in [5.74, 6) is -1.44. The lowest BCUT2D eigenvalue weighted by Crippen LogP contribution is -2.24. The van der Waals surface area contributed by atoms with Crippen LogP contribution in [0.2, 0.25) is 0 Å². The van der Waals surface area contributed by atoms with Crippen LogP contribution in [-0.2, 0) is 17.6 Å². The summed E-state index contributed by atoms with van der Waals surface area (Å²) in [5.41, 5.74) is 2.45. The predicted molar refractivity (Wildman–Crippen MR) is 130 cm³/mol. The number of rotatable bonds is 8. The van der Waals surface area contributed by atoms with E-state index in [0.29, 0.717) is 11.1 Å². The number of carbonyl (C=O) groups excluding carboxylic acids is 1. The molecule has 0 aromatic heterocycles. The number of carbonyl (C=O) groups is 1. The van der Waals surface area contributed by atoms with Crippen LogP contribution < -0.4 is 0 Å². The van der Waals surface area contributed by atoms with E-state index < -0.39 is 11.8 Å². The van der Waals surface area contributed by atoms with E-state index in [4.69, 9.17) is 0 Å². The van der Waals surface area contributed by atoms with Gasteiger partial charge >= 0.3 is 0 Å². The SMILES string of the molecule is O=C(C(Cc1cccc(O)c1)c1ccccc1O)C(Cc1cccc(O)c1)c1ccccc1O. The van der Waals surface area contributed by atoms with Crippen LogP contribution in [0.4, 0.5) is 0 Å². The molecule has 0 aliphatic rings. The number of phenolic OH excluding ortho intramolecular Hbond substituents is 4. The third-order valence-corrected chi connectivity index (χ3v) is 6.01. The van der Waals surface area contributed by atoms with Crippen molar-refractivity contribution in [3.8, 4) is 23.0 Å². The van der Waals surface area contributed by atoms with Crippen LogP contribution in [-0.4, -0.2) is 26.2 Å². The van der Waals surface area contributed by atoms with Gasteiger partial charge in [0.25, 0.3) is 0 Å². The number of benzene rings is 4. The van der Waals surface area contributed by atoms with E-state index in [2.05, 4.69) is 0 Å². The molecule has 172 valence electrons. The number of para-hydroxylation sites is 2. The summed E-state index contributed by atoms with van der Waals surface area (Å²) in [5, 5.41) is 41.1. The first-order valence-corrected chi connectivity index (χ1v) is 11.1. The van der Waals surface area contributed by atoms with Crippen LogP contribution in [0.1, 0.15) is 34.1 Å². The molecule has 0 aliphatic carbocycles. The smallest absolute Gasteiger partial charge is 0.148 e. The number of hydrogen-bond donors (Lipinski definition) is 4. The molecule has 4 rings (SSSR count). The van der Waals surface area contributed by atoms with Crippen molar-refractivity contribution in [3.05, 3.63) is 119 Å². The molecule has 2 atom stereocenters. The number of hydrogen-bond acceptors (Lipinski definition) is 5. The summed E-state index contributed by atoms with van der Waals surface area (Å²) in [6.07, 6.45) is 0.518. The monoisotopic (exact) mass is 454 g/mol. The van der Waals surface area contributed by atoms with Crippen LogP contribution in [0.3, 0.4) is 0 Å². The van der Waals surface area contributed by atoms with Gasteiger partial charge in [0.15, 0.2) is 0 Å². The maximum absolute atomic E-state index is 14.2. The van der Waals surface area contributed by atoms with E-state index in [1.807, 2.05) is 12.1 Å². The molecule has 0 fully saturated rings. The highest BCUT2D eigenvalue weighted by molar-refractivity contribution is 5.93. The summed E-state index contributed by atoms with van der Waals surface area (Å²) >= 11 is 0. The molecule has 0 aliphatic heterocycles. The van der Waals surface area contributed by atoms with Gasteiger partial charge in [-0.15, -0.1) is 0 Å². The molecule has 4 N–H and O–H groups in total. The van der Waals surface area contributed by atoms with Crippen LogP contribution in [0, 0.1) is 0 Å². The van der Waals surface area contributed by atoms with Gasteiger partial charge in [-0.2, -0.15) is 0 Å². The van der Waals surface area contributed by atoms with E-state index >= 15 is 0 Å². The maximum atomic E-state index is 14.2. The number of ketones is 1. The molecule has 4 aromatic carbocycles. The number of Topliss-reactive ketones (excluding diaryl/α,β-unsaturated/α-hetero) is 1. The van der Waals surface area contributed by atoms with Crippen molar-refractivity contribution in [1.82, 2.24) is 0 Å². The normalized spacial score (nSPS) is 12.7. The Hall–Kier alpha value is -4.25. The lowest BCUT2D eigenvalue weighted by molar-refractivity contribution is -0.122. The Kier molecular flexibility index (Phi) is 6.83. The van der Waals surface area contributed by atoms with Gasteiger partial charge in [0, 0.05) is 11.1 Å². The molecule has 0 bridgehead atoms. The molecule has 0 spiro atoms. The average Bonchev–Trinajstić information content (AvgIpc) is 2.82. The largest absolute Gasteiger partial charge is 0.508 e. The van der Waals surface area contributed by atoms with Crippen molar-refractivity contribution in [2.45, 2.75) is 24.7 Å². The van der Waals surface area contributed by atoms with E-state index in [-0.39, 0.29) is 41.6 Å². The van der Waals surface area contributed by atoms with Crippen LogP contribution in [0.5, 0.6) is 23.0 Å². The highest BCUT2D eigenvalue weighted by Gasteiger charge is 2.32. The van der Waals surface area contributed by atoms with Gasteiger partial charge in [-0.3, -0.25) is 4.79 Å². The lowest BCUT2D eigenvalue weighted by atomic mass is 9.77. The maximum Gasteiger partial charge on any atom is 0.148 e. The molecule has 0 saturated carbocycles. The lowest BCUT2D eigenvalue weighted by Gasteiger charge is -2.25. The zero-order chi connectivity index (χ0) is 24.1. The van der Waals surface area contributed by atoms with Crippen molar-refractivity contribution in [2.75, 3.05) is 0 Å². The molecule has 0 heterocycles. The molecule has 0 radical (unpaired) electrons. The van der Waals surface area contributed by atoms with Crippen molar-refractivity contribution in [3.63, 3.8) is 0 Å². The Bertz CT molecular complexity index is 1200. The summed E-state index contributed by atoms with van der Waals surface area (Å²) in [6, 6.07) is 26.9. The quantitative estimate of drug-likeness (QED) is 0.285. The fourth-order valence-corrected chi connectivity index (χ4v) is 4.37. The standard InChI is InChI=1S/C29H26O5/c30-21-9-5-7-19(15-21)17-25(23-11-1-3-13-27(23)32)29(34)26(24-12-2-4-14-28(24)33)18-20-8-6-10-22(31)16-20/h1-16,25-26,30-33H,17-18H2. The first-order valence-electron chi connectivity index (χ1n) is 11.1. The highest BCUT2D eigenvalue weighted by Crippen LogP contribution is 2.38. The minimum atomic E-state index is -0.732. The molecule has 5 heteroatoms. The van der Waals surface area contributed by atoms with E-state index in [1.165, 1.54) is 0 Å². The van der Waals surface area contributed by atoms with E-state index in [0.717, 1.165) is 11.1 Å². The Morgan fingerprint density at radius 2 is 0.971 bits per heavy atom. The average molecular weight is 455 g/mol. The highest BCUT2D eigenvalue weighted by atomic mass is 16.3. The third-order valence-electron chi connectivity index (χ3n) is 6.01. The zero-order valence-corrected chi connectivity index (χ0v) is 18.5. The fourth-order valence-electron chi connectivity index (χ4n) is 4.37. The van der Waals surface area contributed by atoms with Gasteiger partial charge in [0.1, 0.15) is 28.8 Å². The predicted octanol–water partition coefficient (Wildman–Crippen LogP) is 5.43. The minimum absolute atomic E-state index is 0.00870. The molecule has 5 nitrogen and oxygen atoms in total. The summed E-state index contributed by atoms with van der Waals surface area (Å²) in [7, 11) is 0. The Labute approximate surface area is 198 Å². The van der Waals surface area contributed by atoms with E-state index in [9.17, 15) is 25.2 Å². The van der Waals surface area contributed by atoms with Gasteiger partial charge in [0.05, 0.1) is 11.8 Å². The van der Waals surface area contributed by atoms with Crippen molar-refractivity contribution in [1.29, 1.82) is 0 Å². The summed E-state index contributed by atoms with van der Waals surface area (Å²) < 4.78 is 0. The molecular weight excluding hydrogens is 428 g/mol. The Balaban J connectivity index is 1.80. The molecule has 0 amide bonds. The zero-order valence-electron chi connectivity index (χ0n) is 18.5. The first kappa shape index (κ1) is 22.9.